The molecule has 2 N–H and O–H groups in total. The smallest absolute Gasteiger partial charge is 0.319 e. The van der Waals surface area contributed by atoms with Crippen LogP contribution >= 0.6 is 0 Å². The highest BCUT2D eigenvalue weighted by atomic mass is 16.4. The normalized spacial score (nSPS) is 12.9. The predicted molar refractivity (Wildman–Crippen MR) is 46.9 cm³/mol. The summed E-state index contributed by atoms with van der Waals surface area (Å²) < 4.78 is 5.05. The molecule has 1 rings (SSSR count). The van der Waals surface area contributed by atoms with Crippen molar-refractivity contribution < 1.29 is 4.42 Å². The van der Waals surface area contributed by atoms with Gasteiger partial charge in [-0.2, -0.15) is 0 Å². The lowest BCUT2D eigenvalue weighted by atomic mass is 10.2. The quantitative estimate of drug-likeness (QED) is 0.729. The Morgan fingerprint density at radius 2 is 2.25 bits per heavy atom. The summed E-state index contributed by atoms with van der Waals surface area (Å²) in [6, 6.07) is 0.965. The second-order valence-electron chi connectivity index (χ2n) is 2.79. The molecule has 0 spiro atoms. The first-order chi connectivity index (χ1) is 5.65. The van der Waals surface area contributed by atoms with E-state index in [1.165, 1.54) is 0 Å². The van der Waals surface area contributed by atoms with Gasteiger partial charge >= 0.3 is 12.0 Å². The van der Waals surface area contributed by atoms with Gasteiger partial charge in [0.15, 0.2) is 0 Å². The molecule has 0 radical (unpaired) electrons. The molecular weight excluding hydrogens is 156 g/mol. The van der Waals surface area contributed by atoms with E-state index in [1.54, 1.807) is 0 Å². The number of nitrogen functional groups attached to an aromatic ring is 1. The maximum Gasteiger partial charge on any atom is 0.319 e. The van der Waals surface area contributed by atoms with E-state index in [-0.39, 0.29) is 6.01 Å². The van der Waals surface area contributed by atoms with Crippen LogP contribution in [0.3, 0.4) is 0 Å². The first kappa shape index (κ1) is 8.83. The fourth-order valence-electron chi connectivity index (χ4n) is 0.831. The highest BCUT2D eigenvalue weighted by Crippen LogP contribution is 2.14. The highest BCUT2D eigenvalue weighted by molar-refractivity contribution is 5.27. The molecule has 5 heteroatoms. The molecule has 1 aromatic heterocycles. The van der Waals surface area contributed by atoms with Crippen LogP contribution < -0.4 is 10.6 Å². The zero-order valence-electron chi connectivity index (χ0n) is 7.61. The van der Waals surface area contributed by atoms with Crippen molar-refractivity contribution >= 4 is 12.0 Å². The van der Waals surface area contributed by atoms with Gasteiger partial charge < -0.3 is 15.1 Å². The summed E-state index contributed by atoms with van der Waals surface area (Å²) in [5.41, 5.74) is 5.29. The minimum Gasteiger partial charge on any atom is -0.390 e. The van der Waals surface area contributed by atoms with Crippen LogP contribution in [0, 0.1) is 0 Å². The van der Waals surface area contributed by atoms with Crippen molar-refractivity contribution in [2.75, 3.05) is 17.7 Å². The molecule has 0 aliphatic heterocycles. The molecule has 1 aromatic rings. The summed E-state index contributed by atoms with van der Waals surface area (Å²) in [6.07, 6.45) is 1.03. The maximum absolute atomic E-state index is 5.29. The Morgan fingerprint density at radius 3 is 2.67 bits per heavy atom. The van der Waals surface area contributed by atoms with Crippen molar-refractivity contribution in [3.63, 3.8) is 0 Å². The van der Waals surface area contributed by atoms with Crippen molar-refractivity contribution in [2.45, 2.75) is 26.3 Å². The number of rotatable bonds is 3. The number of nitrogens with zero attached hydrogens (tertiary/aromatic N) is 3. The summed E-state index contributed by atoms with van der Waals surface area (Å²) in [7, 11) is 1.90. The van der Waals surface area contributed by atoms with Gasteiger partial charge in [-0.1, -0.05) is 17.1 Å². The van der Waals surface area contributed by atoms with Gasteiger partial charge in [-0.3, -0.25) is 0 Å². The molecule has 0 aliphatic rings. The topological polar surface area (TPSA) is 68.2 Å². The zero-order valence-corrected chi connectivity index (χ0v) is 7.61. The van der Waals surface area contributed by atoms with Crippen molar-refractivity contribution in [1.29, 1.82) is 0 Å². The standard InChI is InChI=1S/C7H14N4O/c1-4-5(2)11(3)7-10-9-6(8)12-7/h5H,4H2,1-3H3,(H2,8,9). The molecule has 0 saturated carbocycles. The summed E-state index contributed by atoms with van der Waals surface area (Å²) in [5.74, 6) is 0. The van der Waals surface area contributed by atoms with Gasteiger partial charge in [0.25, 0.3) is 0 Å². The average molecular weight is 170 g/mol. The first-order valence-electron chi connectivity index (χ1n) is 3.97. The van der Waals surface area contributed by atoms with Crippen LogP contribution in [0.1, 0.15) is 20.3 Å². The number of hydrogen-bond acceptors (Lipinski definition) is 5. The summed E-state index contributed by atoms with van der Waals surface area (Å²) in [4.78, 5) is 1.91. The van der Waals surface area contributed by atoms with E-state index in [9.17, 15) is 0 Å². The molecule has 1 atom stereocenters. The van der Waals surface area contributed by atoms with E-state index in [0.29, 0.717) is 12.1 Å². The van der Waals surface area contributed by atoms with Gasteiger partial charge in [-0.15, -0.1) is 0 Å². The molecule has 68 valence electrons. The fourth-order valence-corrected chi connectivity index (χ4v) is 0.831. The molecule has 0 fully saturated rings. The molecule has 0 saturated heterocycles. The van der Waals surface area contributed by atoms with Gasteiger partial charge in [0, 0.05) is 13.1 Å². The molecule has 0 aliphatic carbocycles. The first-order valence-corrected chi connectivity index (χ1v) is 3.97. The third-order valence-electron chi connectivity index (χ3n) is 1.98. The average Bonchev–Trinajstić information content (AvgIpc) is 2.49. The van der Waals surface area contributed by atoms with E-state index < -0.39 is 0 Å². The lowest BCUT2D eigenvalue weighted by Crippen LogP contribution is -2.28. The van der Waals surface area contributed by atoms with Crippen molar-refractivity contribution in [2.24, 2.45) is 0 Å². The molecule has 5 nitrogen and oxygen atoms in total. The van der Waals surface area contributed by atoms with Crippen LogP contribution in [-0.4, -0.2) is 23.3 Å². The molecule has 0 aromatic carbocycles. The predicted octanol–water partition coefficient (Wildman–Crippen LogP) is 0.887. The molecular formula is C7H14N4O. The van der Waals surface area contributed by atoms with Gasteiger partial charge in [0.1, 0.15) is 0 Å². The Kier molecular flexibility index (Phi) is 2.52. The van der Waals surface area contributed by atoms with E-state index in [2.05, 4.69) is 24.0 Å². The van der Waals surface area contributed by atoms with Gasteiger partial charge in [-0.25, -0.2) is 0 Å². The second kappa shape index (κ2) is 3.42. The van der Waals surface area contributed by atoms with Crippen LogP contribution in [0.5, 0.6) is 0 Å². The van der Waals surface area contributed by atoms with Gasteiger partial charge in [0.05, 0.1) is 0 Å². The van der Waals surface area contributed by atoms with Gasteiger partial charge in [-0.05, 0) is 13.3 Å². The maximum atomic E-state index is 5.29. The number of anilines is 2. The third-order valence-corrected chi connectivity index (χ3v) is 1.98. The van der Waals surface area contributed by atoms with Gasteiger partial charge in [0.2, 0.25) is 0 Å². The van der Waals surface area contributed by atoms with Crippen LogP contribution in [0.15, 0.2) is 4.42 Å². The lowest BCUT2D eigenvalue weighted by Gasteiger charge is -2.20. The number of hydrogen-bond donors (Lipinski definition) is 1. The monoisotopic (exact) mass is 170 g/mol. The SMILES string of the molecule is CCC(C)N(C)c1nnc(N)o1. The largest absolute Gasteiger partial charge is 0.390 e. The Morgan fingerprint density at radius 1 is 1.58 bits per heavy atom. The Balaban J connectivity index is 2.70. The number of nitrogens with two attached hydrogens (primary N) is 1. The molecule has 12 heavy (non-hydrogen) atoms. The lowest BCUT2D eigenvalue weighted by molar-refractivity contribution is 0.527. The summed E-state index contributed by atoms with van der Waals surface area (Å²) >= 11 is 0. The van der Waals surface area contributed by atoms with E-state index >= 15 is 0 Å². The van der Waals surface area contributed by atoms with E-state index in [1.807, 2.05) is 11.9 Å². The molecule has 0 bridgehead atoms. The number of aromatic nitrogens is 2. The van der Waals surface area contributed by atoms with Crippen LogP contribution in [0.2, 0.25) is 0 Å². The Hall–Kier alpha value is -1.26. The minimum absolute atomic E-state index is 0.111. The molecule has 1 heterocycles. The minimum atomic E-state index is 0.111. The molecule has 0 amide bonds. The van der Waals surface area contributed by atoms with E-state index in [4.69, 9.17) is 10.2 Å². The Bertz CT molecular complexity index is 247. The van der Waals surface area contributed by atoms with E-state index in [0.717, 1.165) is 6.42 Å². The van der Waals surface area contributed by atoms with Crippen LogP contribution in [0.4, 0.5) is 12.0 Å². The van der Waals surface area contributed by atoms with Crippen molar-refractivity contribution in [3.8, 4) is 0 Å². The Labute approximate surface area is 71.6 Å². The van der Waals surface area contributed by atoms with Crippen molar-refractivity contribution in [1.82, 2.24) is 10.2 Å². The zero-order chi connectivity index (χ0) is 9.14. The third kappa shape index (κ3) is 1.66. The summed E-state index contributed by atoms with van der Waals surface area (Å²) in [5, 5.41) is 7.34. The highest BCUT2D eigenvalue weighted by Gasteiger charge is 2.13. The second-order valence-corrected chi connectivity index (χ2v) is 2.79. The van der Waals surface area contributed by atoms with Crippen LogP contribution in [-0.2, 0) is 0 Å². The van der Waals surface area contributed by atoms with Crippen LogP contribution in [0.25, 0.3) is 0 Å². The molecule has 1 unspecified atom stereocenters. The fraction of sp³-hybridized carbons (Fsp3) is 0.714. The van der Waals surface area contributed by atoms with Crippen molar-refractivity contribution in [3.05, 3.63) is 0 Å². The summed E-state index contributed by atoms with van der Waals surface area (Å²) in [6.45, 7) is 4.18.